The lowest BCUT2D eigenvalue weighted by Crippen LogP contribution is -2.45. The number of likely N-dealkylation sites (tertiary alicyclic amines) is 1. The topological polar surface area (TPSA) is 73.8 Å². The molecule has 1 aliphatic heterocycles. The van der Waals surface area contributed by atoms with E-state index in [1.165, 1.54) is 12.8 Å². The molecule has 1 aromatic carbocycles. The van der Waals surface area contributed by atoms with Gasteiger partial charge in [-0.3, -0.25) is 14.0 Å². The van der Waals surface area contributed by atoms with E-state index in [0.29, 0.717) is 24.0 Å². The molecule has 2 fully saturated rings. The van der Waals surface area contributed by atoms with Crippen LogP contribution in [0.2, 0.25) is 0 Å². The van der Waals surface area contributed by atoms with E-state index in [2.05, 4.69) is 15.6 Å². The summed E-state index contributed by atoms with van der Waals surface area (Å²) in [5, 5.41) is 6.73. The van der Waals surface area contributed by atoms with Crippen molar-refractivity contribution in [1.82, 2.24) is 15.5 Å². The van der Waals surface area contributed by atoms with Crippen molar-refractivity contribution < 1.29 is 9.00 Å². The Morgan fingerprint density at radius 3 is 2.69 bits per heavy atom. The molecule has 3 rings (SSSR count). The van der Waals surface area contributed by atoms with Crippen LogP contribution in [-0.2, 0) is 21.3 Å². The van der Waals surface area contributed by atoms with Crippen molar-refractivity contribution in [2.45, 2.75) is 50.8 Å². The van der Waals surface area contributed by atoms with Gasteiger partial charge in [-0.2, -0.15) is 0 Å². The Morgan fingerprint density at radius 2 is 1.97 bits per heavy atom. The van der Waals surface area contributed by atoms with Gasteiger partial charge in [-0.05, 0) is 31.7 Å². The van der Waals surface area contributed by atoms with Gasteiger partial charge < -0.3 is 15.5 Å². The number of nitrogens with one attached hydrogen (secondary N) is 2. The second-order valence-electron chi connectivity index (χ2n) is 7.93. The van der Waals surface area contributed by atoms with Crippen molar-refractivity contribution in [1.29, 1.82) is 0 Å². The highest BCUT2D eigenvalue weighted by Gasteiger charge is 2.32. The lowest BCUT2D eigenvalue weighted by molar-refractivity contribution is -0.134. The van der Waals surface area contributed by atoms with Crippen molar-refractivity contribution in [2.24, 2.45) is 10.9 Å². The van der Waals surface area contributed by atoms with Crippen molar-refractivity contribution >= 4 is 22.7 Å². The Bertz CT molecular complexity index is 704. The number of carbonyl (C=O) groups is 1. The van der Waals surface area contributed by atoms with Crippen molar-refractivity contribution in [3.8, 4) is 0 Å². The monoisotopic (exact) mass is 418 g/mol. The third kappa shape index (κ3) is 6.84. The molecule has 2 unspecified atom stereocenters. The zero-order valence-electron chi connectivity index (χ0n) is 17.4. The van der Waals surface area contributed by atoms with Gasteiger partial charge in [0.2, 0.25) is 5.91 Å². The average Bonchev–Trinajstić information content (AvgIpc) is 3.41. The lowest BCUT2D eigenvalue weighted by atomic mass is 10.1. The molecule has 2 N–H and O–H groups in total. The van der Waals surface area contributed by atoms with Gasteiger partial charge in [0.05, 0.1) is 6.54 Å². The van der Waals surface area contributed by atoms with Crippen molar-refractivity contribution in [3.63, 3.8) is 0 Å². The van der Waals surface area contributed by atoms with Gasteiger partial charge in [0.1, 0.15) is 0 Å². The van der Waals surface area contributed by atoms with Crippen molar-refractivity contribution in [2.75, 3.05) is 31.9 Å². The predicted molar refractivity (Wildman–Crippen MR) is 119 cm³/mol. The summed E-state index contributed by atoms with van der Waals surface area (Å²) < 4.78 is 12.3. The molecule has 29 heavy (non-hydrogen) atoms. The van der Waals surface area contributed by atoms with Crippen molar-refractivity contribution in [3.05, 3.63) is 35.9 Å². The second kappa shape index (κ2) is 11.3. The largest absolute Gasteiger partial charge is 0.357 e. The molecule has 0 bridgehead atoms. The minimum Gasteiger partial charge on any atom is -0.357 e. The van der Waals surface area contributed by atoms with Crippen LogP contribution in [0.15, 0.2) is 35.3 Å². The summed E-state index contributed by atoms with van der Waals surface area (Å²) in [5.41, 5.74) is 1.10. The highest BCUT2D eigenvalue weighted by Crippen LogP contribution is 2.27. The van der Waals surface area contributed by atoms with E-state index < -0.39 is 10.8 Å². The number of aliphatic imine (C=N–C) groups is 1. The fourth-order valence-electron chi connectivity index (χ4n) is 4.11. The molecule has 7 heteroatoms. The first kappa shape index (κ1) is 21.8. The highest BCUT2D eigenvalue weighted by molar-refractivity contribution is 7.84. The Hall–Kier alpha value is -1.89. The Labute approximate surface area is 177 Å². The van der Waals surface area contributed by atoms with Crippen LogP contribution in [0.25, 0.3) is 0 Å². The lowest BCUT2D eigenvalue weighted by Gasteiger charge is -2.21. The molecule has 0 aromatic heterocycles. The number of guanidine groups is 1. The molecule has 1 saturated heterocycles. The number of carbonyl (C=O) groups excluding carboxylic acids is 1. The van der Waals surface area contributed by atoms with E-state index in [-0.39, 0.29) is 12.0 Å². The summed E-state index contributed by atoms with van der Waals surface area (Å²) in [6.45, 7) is 4.91. The minimum atomic E-state index is -0.924. The Kier molecular flexibility index (Phi) is 8.52. The summed E-state index contributed by atoms with van der Waals surface area (Å²) in [4.78, 5) is 19.2. The van der Waals surface area contributed by atoms with E-state index in [9.17, 15) is 9.00 Å². The summed E-state index contributed by atoms with van der Waals surface area (Å²) in [6.07, 6.45) is 5.43. The maximum atomic E-state index is 12.6. The summed E-state index contributed by atoms with van der Waals surface area (Å²) in [6, 6.07) is 10.2. The first-order valence-electron chi connectivity index (χ1n) is 10.9. The van der Waals surface area contributed by atoms with Crippen LogP contribution in [0, 0.1) is 5.92 Å². The van der Waals surface area contributed by atoms with Gasteiger partial charge in [0.25, 0.3) is 0 Å². The van der Waals surface area contributed by atoms with E-state index in [0.717, 1.165) is 50.4 Å². The van der Waals surface area contributed by atoms with Crippen LogP contribution in [0.1, 0.15) is 44.6 Å². The molecule has 0 spiro atoms. The number of hydrogen-bond acceptors (Lipinski definition) is 3. The molecule has 1 aromatic rings. The zero-order valence-corrected chi connectivity index (χ0v) is 18.3. The maximum Gasteiger partial charge on any atom is 0.225 e. The summed E-state index contributed by atoms with van der Waals surface area (Å²) >= 11 is 0. The third-order valence-corrected chi connectivity index (χ3v) is 6.94. The number of benzene rings is 1. The van der Waals surface area contributed by atoms with Gasteiger partial charge in [-0.1, -0.05) is 43.2 Å². The van der Waals surface area contributed by atoms with Gasteiger partial charge in [-0.25, -0.2) is 0 Å². The smallest absolute Gasteiger partial charge is 0.225 e. The van der Waals surface area contributed by atoms with E-state index in [1.807, 2.05) is 42.2 Å². The number of nitrogens with zero attached hydrogens (tertiary/aromatic N) is 2. The van der Waals surface area contributed by atoms with Gasteiger partial charge in [0.15, 0.2) is 5.96 Å². The van der Waals surface area contributed by atoms with Crippen LogP contribution >= 0.6 is 0 Å². The molecule has 1 aliphatic carbocycles. The van der Waals surface area contributed by atoms with Crippen LogP contribution in [0.5, 0.6) is 0 Å². The normalized spacial score (nSPS) is 21.3. The van der Waals surface area contributed by atoms with E-state index >= 15 is 0 Å². The van der Waals surface area contributed by atoms with E-state index in [1.54, 1.807) is 0 Å². The maximum absolute atomic E-state index is 12.6. The van der Waals surface area contributed by atoms with Crippen LogP contribution < -0.4 is 10.6 Å². The fraction of sp³-hybridized carbons (Fsp3) is 0.636. The molecule has 2 atom stereocenters. The molecular weight excluding hydrogens is 384 g/mol. The Balaban J connectivity index is 1.44. The molecule has 0 radical (unpaired) electrons. The molecule has 1 heterocycles. The number of rotatable bonds is 8. The van der Waals surface area contributed by atoms with Gasteiger partial charge >= 0.3 is 0 Å². The fourth-order valence-corrected chi connectivity index (χ4v) is 5.12. The average molecular weight is 419 g/mol. The second-order valence-corrected chi connectivity index (χ2v) is 9.51. The van der Waals surface area contributed by atoms with E-state index in [4.69, 9.17) is 0 Å². The molecule has 6 nitrogen and oxygen atoms in total. The molecular formula is C22H34N4O2S. The number of amides is 1. The molecule has 2 aliphatic rings. The Morgan fingerprint density at radius 1 is 1.21 bits per heavy atom. The van der Waals surface area contributed by atoms with Crippen LogP contribution in [0.3, 0.4) is 0 Å². The summed E-state index contributed by atoms with van der Waals surface area (Å²) in [5.74, 6) is 2.45. The quantitative estimate of drug-likeness (QED) is 0.502. The van der Waals surface area contributed by atoms with Gasteiger partial charge in [-0.15, -0.1) is 0 Å². The molecule has 160 valence electrons. The number of hydrogen-bond donors (Lipinski definition) is 2. The third-order valence-electron chi connectivity index (χ3n) is 5.65. The SMILES string of the molecule is CCNC(=NCCS(=O)Cc1ccccc1)NC1CCN(C(=O)C2CCCC2)C1. The first-order valence-corrected chi connectivity index (χ1v) is 12.4. The first-order chi connectivity index (χ1) is 14.2. The van der Waals surface area contributed by atoms with Gasteiger partial charge in [0, 0.05) is 53.9 Å². The zero-order chi connectivity index (χ0) is 20.5. The van der Waals surface area contributed by atoms with Crippen LogP contribution in [0.4, 0.5) is 0 Å². The van der Waals surface area contributed by atoms with Crippen LogP contribution in [-0.4, -0.2) is 58.9 Å². The summed E-state index contributed by atoms with van der Waals surface area (Å²) in [7, 11) is -0.924. The highest BCUT2D eigenvalue weighted by atomic mass is 32.2. The molecule has 1 saturated carbocycles. The predicted octanol–water partition coefficient (Wildman–Crippen LogP) is 2.28. The molecule has 1 amide bonds. The minimum absolute atomic E-state index is 0.230. The standard InChI is InChI=1S/C22H34N4O2S/c1-2-23-22(24-13-15-29(28)17-18-8-4-3-5-9-18)25-20-12-14-26(16-20)21(27)19-10-6-7-11-19/h3-5,8-9,19-20H,2,6-7,10-17H2,1H3,(H2,23,24,25).